The third-order valence-electron chi connectivity index (χ3n) is 5.61. The van der Waals surface area contributed by atoms with E-state index in [4.69, 9.17) is 19.7 Å². The quantitative estimate of drug-likeness (QED) is 0.308. The van der Waals surface area contributed by atoms with E-state index in [1.165, 1.54) is 25.3 Å². The van der Waals surface area contributed by atoms with Gasteiger partial charge in [-0.3, -0.25) is 4.68 Å². The van der Waals surface area contributed by atoms with Crippen LogP contribution in [0.3, 0.4) is 0 Å². The molecule has 3 aromatic carbocycles. The lowest BCUT2D eigenvalue weighted by molar-refractivity contribution is 0.102. The zero-order valence-electron chi connectivity index (χ0n) is 19.7. The highest BCUT2D eigenvalue weighted by atomic mass is 32.2. The van der Waals surface area contributed by atoms with Gasteiger partial charge in [-0.25, -0.2) is 17.9 Å². The lowest BCUT2D eigenvalue weighted by atomic mass is 9.98. The van der Waals surface area contributed by atoms with Gasteiger partial charge in [-0.1, -0.05) is 54.6 Å². The summed E-state index contributed by atoms with van der Waals surface area (Å²) in [6, 6.07) is 20.5. The molecule has 4 aromatic rings. The molecule has 186 valence electrons. The van der Waals surface area contributed by atoms with E-state index >= 15 is 0 Å². The number of hydrogen-bond donors (Lipinski definition) is 1. The molecular weight excluding hydrogens is 481 g/mol. The summed E-state index contributed by atoms with van der Waals surface area (Å²) in [4.78, 5) is -0.0137. The van der Waals surface area contributed by atoms with Crippen LogP contribution in [0.25, 0.3) is 22.4 Å². The van der Waals surface area contributed by atoms with Gasteiger partial charge in [-0.15, -0.1) is 6.58 Å². The van der Waals surface area contributed by atoms with E-state index in [-0.39, 0.29) is 17.3 Å². The van der Waals surface area contributed by atoms with Crippen LogP contribution in [0.2, 0.25) is 0 Å². The number of ether oxygens (including phenoxy) is 2. The Morgan fingerprint density at radius 2 is 1.72 bits per heavy atom. The molecule has 1 heterocycles. The van der Waals surface area contributed by atoms with Crippen LogP contribution < -0.4 is 9.88 Å². The lowest BCUT2D eigenvalue weighted by Crippen LogP contribution is -2.11. The highest BCUT2D eigenvalue weighted by Crippen LogP contribution is 2.37. The Hall–Kier alpha value is -3.79. The molecule has 4 rings (SSSR count). The standard InChI is InChI=1S/C27H26FN3O4S/c1-3-15-31-24(18-35-17-19-7-5-4-6-8-19)26(21-11-14-25(34-2)23(28)16-21)27(30-31)20-9-12-22(13-10-20)36(29,32)33/h3-14,16H,1,15,17-18H2,2H3,(H2,29,32,33). The zero-order valence-corrected chi connectivity index (χ0v) is 20.5. The predicted octanol–water partition coefficient (Wildman–Crippen LogP) is 4.92. The number of aromatic nitrogens is 2. The van der Waals surface area contributed by atoms with Crippen molar-refractivity contribution in [1.29, 1.82) is 0 Å². The first-order valence-corrected chi connectivity index (χ1v) is 12.7. The molecular formula is C27H26FN3O4S. The second kappa shape index (κ2) is 10.9. The van der Waals surface area contributed by atoms with Gasteiger partial charge in [-0.2, -0.15) is 5.10 Å². The van der Waals surface area contributed by atoms with Crippen LogP contribution in [-0.2, 0) is 34.5 Å². The molecule has 0 fully saturated rings. The van der Waals surface area contributed by atoms with E-state index < -0.39 is 15.8 Å². The van der Waals surface area contributed by atoms with Crippen LogP contribution in [0.5, 0.6) is 5.75 Å². The Morgan fingerprint density at radius 3 is 2.33 bits per heavy atom. The van der Waals surface area contributed by atoms with Crippen LogP contribution >= 0.6 is 0 Å². The van der Waals surface area contributed by atoms with Gasteiger partial charge in [0.25, 0.3) is 0 Å². The highest BCUT2D eigenvalue weighted by molar-refractivity contribution is 7.89. The van der Waals surface area contributed by atoms with Crippen molar-refractivity contribution in [3.05, 3.63) is 103 Å². The summed E-state index contributed by atoms with van der Waals surface area (Å²) in [7, 11) is -2.45. The second-order valence-corrected chi connectivity index (χ2v) is 9.60. The molecule has 0 spiro atoms. The summed E-state index contributed by atoms with van der Waals surface area (Å²) in [6.45, 7) is 4.81. The minimum atomic E-state index is -3.85. The molecule has 0 saturated heterocycles. The van der Waals surface area contributed by atoms with E-state index in [9.17, 15) is 12.8 Å². The number of benzene rings is 3. The fraction of sp³-hybridized carbons (Fsp3) is 0.148. The number of rotatable bonds is 10. The lowest BCUT2D eigenvalue weighted by Gasteiger charge is -2.11. The summed E-state index contributed by atoms with van der Waals surface area (Å²) in [5.41, 5.74) is 4.16. The maximum absolute atomic E-state index is 14.7. The highest BCUT2D eigenvalue weighted by Gasteiger charge is 2.22. The Balaban J connectivity index is 1.82. The van der Waals surface area contributed by atoms with Gasteiger partial charge in [0.1, 0.15) is 5.69 Å². The topological polar surface area (TPSA) is 96.4 Å². The first-order chi connectivity index (χ1) is 17.3. The van der Waals surface area contributed by atoms with E-state index in [2.05, 4.69) is 6.58 Å². The molecule has 0 aliphatic heterocycles. The Labute approximate surface area is 209 Å². The number of halogens is 1. The molecule has 0 saturated carbocycles. The average molecular weight is 508 g/mol. The first-order valence-electron chi connectivity index (χ1n) is 11.1. The molecule has 0 unspecified atom stereocenters. The molecule has 0 aliphatic rings. The maximum Gasteiger partial charge on any atom is 0.238 e. The van der Waals surface area contributed by atoms with Crippen LogP contribution in [-0.4, -0.2) is 25.3 Å². The number of primary sulfonamides is 1. The van der Waals surface area contributed by atoms with Crippen LogP contribution in [0, 0.1) is 5.82 Å². The monoisotopic (exact) mass is 507 g/mol. The molecule has 7 nitrogen and oxygen atoms in total. The number of nitrogens with zero attached hydrogens (tertiary/aromatic N) is 2. The summed E-state index contributed by atoms with van der Waals surface area (Å²) in [5, 5.41) is 10.0. The van der Waals surface area contributed by atoms with Crippen LogP contribution in [0.15, 0.2) is 90.3 Å². The summed E-state index contributed by atoms with van der Waals surface area (Å²) in [5.74, 6) is -0.392. The molecule has 0 aliphatic carbocycles. The SMILES string of the molecule is C=CCn1nc(-c2ccc(S(N)(=O)=O)cc2)c(-c2ccc(OC)c(F)c2)c1COCc1ccccc1. The number of nitrogens with two attached hydrogens (primary N) is 1. The van der Waals surface area contributed by atoms with Crippen LogP contribution in [0.4, 0.5) is 4.39 Å². The average Bonchev–Trinajstić information content (AvgIpc) is 3.22. The normalized spacial score (nSPS) is 11.4. The largest absolute Gasteiger partial charge is 0.494 e. The Bertz CT molecular complexity index is 1470. The smallest absolute Gasteiger partial charge is 0.238 e. The number of sulfonamides is 1. The summed E-state index contributed by atoms with van der Waals surface area (Å²) >= 11 is 0. The zero-order chi connectivity index (χ0) is 25.7. The molecule has 0 bridgehead atoms. The maximum atomic E-state index is 14.7. The predicted molar refractivity (Wildman–Crippen MR) is 136 cm³/mol. The Kier molecular flexibility index (Phi) is 7.64. The van der Waals surface area contributed by atoms with Crippen molar-refractivity contribution < 1.29 is 22.3 Å². The number of hydrogen-bond acceptors (Lipinski definition) is 5. The van der Waals surface area contributed by atoms with Gasteiger partial charge in [0.05, 0.1) is 37.5 Å². The third kappa shape index (κ3) is 5.54. The van der Waals surface area contributed by atoms with Crippen molar-refractivity contribution in [3.8, 4) is 28.1 Å². The van der Waals surface area contributed by atoms with E-state index in [1.807, 2.05) is 30.3 Å². The number of allylic oxidation sites excluding steroid dienone is 1. The van der Waals surface area contributed by atoms with Gasteiger partial charge in [0.15, 0.2) is 11.6 Å². The Morgan fingerprint density at radius 1 is 1.03 bits per heavy atom. The molecule has 2 N–H and O–H groups in total. The van der Waals surface area contributed by atoms with Gasteiger partial charge in [-0.05, 0) is 35.4 Å². The molecule has 0 amide bonds. The van der Waals surface area contributed by atoms with E-state index in [0.29, 0.717) is 35.5 Å². The minimum Gasteiger partial charge on any atom is -0.494 e. The molecule has 36 heavy (non-hydrogen) atoms. The summed E-state index contributed by atoms with van der Waals surface area (Å²) < 4.78 is 51.0. The molecule has 0 atom stereocenters. The van der Waals surface area contributed by atoms with Gasteiger partial charge >= 0.3 is 0 Å². The second-order valence-electron chi connectivity index (χ2n) is 8.04. The van der Waals surface area contributed by atoms with E-state index in [1.54, 1.807) is 35.0 Å². The fourth-order valence-electron chi connectivity index (χ4n) is 3.89. The molecule has 0 radical (unpaired) electrons. The van der Waals surface area contributed by atoms with Crippen molar-refractivity contribution in [3.63, 3.8) is 0 Å². The first kappa shape index (κ1) is 25.3. The third-order valence-corrected chi connectivity index (χ3v) is 6.54. The van der Waals surface area contributed by atoms with Crippen molar-refractivity contribution in [2.75, 3.05) is 7.11 Å². The number of methoxy groups -OCH3 is 1. The van der Waals surface area contributed by atoms with E-state index in [0.717, 1.165) is 11.3 Å². The summed E-state index contributed by atoms with van der Waals surface area (Å²) in [6.07, 6.45) is 1.71. The van der Waals surface area contributed by atoms with Crippen molar-refractivity contribution >= 4 is 10.0 Å². The van der Waals surface area contributed by atoms with Gasteiger partial charge in [0, 0.05) is 11.1 Å². The van der Waals surface area contributed by atoms with Crippen molar-refractivity contribution in [2.45, 2.75) is 24.7 Å². The van der Waals surface area contributed by atoms with Crippen molar-refractivity contribution in [1.82, 2.24) is 9.78 Å². The minimum absolute atomic E-state index is 0.0137. The van der Waals surface area contributed by atoms with Crippen molar-refractivity contribution in [2.24, 2.45) is 5.14 Å². The molecule has 1 aromatic heterocycles. The van der Waals surface area contributed by atoms with Crippen LogP contribution in [0.1, 0.15) is 11.3 Å². The van der Waals surface area contributed by atoms with Gasteiger partial charge < -0.3 is 9.47 Å². The molecule has 9 heteroatoms. The van der Waals surface area contributed by atoms with Gasteiger partial charge in [0.2, 0.25) is 10.0 Å². The fourth-order valence-corrected chi connectivity index (χ4v) is 4.40.